The lowest BCUT2D eigenvalue weighted by atomic mass is 9.67. The maximum absolute atomic E-state index is 5.75. The van der Waals surface area contributed by atoms with E-state index >= 15 is 0 Å². The fourth-order valence-corrected chi connectivity index (χ4v) is 4.15. The van der Waals surface area contributed by atoms with E-state index in [1.165, 1.54) is 44.1 Å². The first-order valence-corrected chi connectivity index (χ1v) is 11.5. The van der Waals surface area contributed by atoms with Gasteiger partial charge in [-0.05, 0) is 76.5 Å². The quantitative estimate of drug-likeness (QED) is 0.262. The van der Waals surface area contributed by atoms with E-state index in [1.54, 1.807) is 11.6 Å². The summed E-state index contributed by atoms with van der Waals surface area (Å²) in [7, 11) is 4.67. The van der Waals surface area contributed by atoms with Crippen LogP contribution in [-0.4, -0.2) is 20.1 Å². The molecule has 4 heteroatoms. The predicted octanol–water partition coefficient (Wildman–Crippen LogP) is 5.58. The number of nitrogens with two attached hydrogens (primary N) is 1. The molecule has 2 atom stereocenters. The van der Waals surface area contributed by atoms with E-state index in [4.69, 9.17) is 5.73 Å². The Labute approximate surface area is 181 Å². The van der Waals surface area contributed by atoms with Crippen LogP contribution in [0.4, 0.5) is 0 Å². The molecule has 0 saturated heterocycles. The molecule has 0 heterocycles. The molecule has 2 aliphatic carbocycles. The minimum absolute atomic E-state index is 0.632. The third kappa shape index (κ3) is 9.19. The van der Waals surface area contributed by atoms with E-state index in [1.807, 2.05) is 26.1 Å². The Bertz CT molecular complexity index is 638. The zero-order valence-corrected chi connectivity index (χ0v) is 19.8. The van der Waals surface area contributed by atoms with Gasteiger partial charge in [-0.1, -0.05) is 61.3 Å². The van der Waals surface area contributed by atoms with E-state index in [9.17, 15) is 0 Å². The fraction of sp³-hybridized carbons (Fsp3) is 0.520. The topological polar surface area (TPSA) is 50.1 Å². The van der Waals surface area contributed by atoms with E-state index in [0.717, 1.165) is 42.6 Å². The number of allylic oxidation sites excluding steroid dienone is 6. The molecule has 0 radical (unpaired) electrons. The van der Waals surface area contributed by atoms with Crippen molar-refractivity contribution in [1.29, 1.82) is 0 Å². The van der Waals surface area contributed by atoms with Crippen molar-refractivity contribution in [3.05, 3.63) is 71.9 Å². The van der Waals surface area contributed by atoms with Crippen molar-refractivity contribution >= 4 is 9.24 Å². The highest BCUT2D eigenvalue weighted by Gasteiger charge is 2.31. The molecule has 0 bridgehead atoms. The van der Waals surface area contributed by atoms with Gasteiger partial charge in [0.15, 0.2) is 0 Å². The first-order chi connectivity index (χ1) is 13.9. The van der Waals surface area contributed by atoms with E-state index in [2.05, 4.69) is 45.4 Å². The van der Waals surface area contributed by atoms with Gasteiger partial charge in [0.2, 0.25) is 0 Å². The van der Waals surface area contributed by atoms with Gasteiger partial charge in [0.25, 0.3) is 0 Å². The van der Waals surface area contributed by atoms with Gasteiger partial charge in [-0.25, -0.2) is 0 Å². The van der Waals surface area contributed by atoms with E-state index in [0.29, 0.717) is 5.70 Å². The molecular weight excluding hydrogens is 373 g/mol. The van der Waals surface area contributed by atoms with Crippen molar-refractivity contribution in [3.8, 4) is 0 Å². The third-order valence-electron chi connectivity index (χ3n) is 5.95. The summed E-state index contributed by atoms with van der Waals surface area (Å²) in [5, 5.41) is 6.38. The molecule has 162 valence electrons. The minimum atomic E-state index is 0.632. The lowest BCUT2D eigenvalue weighted by molar-refractivity contribution is 0.220. The molecule has 0 amide bonds. The molecule has 0 spiro atoms. The van der Waals surface area contributed by atoms with Crippen LogP contribution in [0.5, 0.6) is 0 Å². The molecular formula is C25H42N3P. The van der Waals surface area contributed by atoms with Gasteiger partial charge in [0.1, 0.15) is 0 Å². The maximum atomic E-state index is 5.75. The van der Waals surface area contributed by atoms with Gasteiger partial charge in [-0.2, -0.15) is 0 Å². The van der Waals surface area contributed by atoms with Crippen LogP contribution in [0.15, 0.2) is 71.9 Å². The molecule has 2 rings (SSSR count). The first-order valence-electron chi connectivity index (χ1n) is 10.8. The van der Waals surface area contributed by atoms with Gasteiger partial charge in [0, 0.05) is 17.9 Å². The van der Waals surface area contributed by atoms with Crippen LogP contribution in [0.1, 0.15) is 51.9 Å². The molecule has 3 nitrogen and oxygen atoms in total. The summed E-state index contributed by atoms with van der Waals surface area (Å²) in [5.74, 6) is 4.04. The summed E-state index contributed by atoms with van der Waals surface area (Å²) in [6, 6.07) is 0. The highest BCUT2D eigenvalue weighted by atomic mass is 31.0. The largest absolute Gasteiger partial charge is 0.399 e. The van der Waals surface area contributed by atoms with Crippen LogP contribution in [-0.2, 0) is 0 Å². The van der Waals surface area contributed by atoms with E-state index < -0.39 is 0 Å². The highest BCUT2D eigenvalue weighted by molar-refractivity contribution is 7.20. The number of hydrogen-bond acceptors (Lipinski definition) is 3. The van der Waals surface area contributed by atoms with Crippen molar-refractivity contribution < 1.29 is 0 Å². The van der Waals surface area contributed by atoms with Gasteiger partial charge in [-0.15, -0.1) is 9.24 Å². The Hall–Kier alpha value is -1.57. The standard InChI is InChI=1S/C13H23N3.C12H19P/c1-5-6-7-9-16-12(3)13(11(2)14)8-10-15-4;1-9-5-6-10(8-13)7-12(9)11-3-2-4-11/h5-7,15-16H,1-2,8-10,14H2,3-4H3;8,11-12H,1-7,13H2/b7-6-,13-12-;10-8+/t;12-/m.1/s1. The SMILES string of the molecule is C=C/C=C\CN/C(C)=C(/CCNC)C(=C)N.C=C1CC/C(=C\P)C[C@H]1C1CCC1. The summed E-state index contributed by atoms with van der Waals surface area (Å²) in [6.45, 7) is 15.3. The van der Waals surface area contributed by atoms with Crippen LogP contribution < -0.4 is 16.4 Å². The highest BCUT2D eigenvalue weighted by Crippen LogP contribution is 2.44. The molecule has 2 saturated carbocycles. The fourth-order valence-electron chi connectivity index (χ4n) is 3.85. The Morgan fingerprint density at radius 2 is 2.03 bits per heavy atom. The Balaban J connectivity index is 0.000000294. The molecule has 29 heavy (non-hydrogen) atoms. The van der Waals surface area contributed by atoms with Gasteiger partial charge >= 0.3 is 0 Å². The van der Waals surface area contributed by atoms with Crippen LogP contribution >= 0.6 is 9.24 Å². The van der Waals surface area contributed by atoms with Crippen molar-refractivity contribution in [1.82, 2.24) is 10.6 Å². The van der Waals surface area contributed by atoms with Gasteiger partial charge in [0.05, 0.1) is 0 Å². The molecule has 0 aliphatic heterocycles. The Kier molecular flexibility index (Phi) is 12.7. The molecule has 0 aromatic heterocycles. The minimum Gasteiger partial charge on any atom is -0.399 e. The summed E-state index contributed by atoms with van der Waals surface area (Å²) < 4.78 is 0. The van der Waals surface area contributed by atoms with Crippen LogP contribution in [0.3, 0.4) is 0 Å². The zero-order chi connectivity index (χ0) is 21.6. The van der Waals surface area contributed by atoms with E-state index in [-0.39, 0.29) is 0 Å². The normalized spacial score (nSPS) is 21.8. The summed E-state index contributed by atoms with van der Waals surface area (Å²) in [5.41, 5.74) is 11.7. The molecule has 4 N–H and O–H groups in total. The van der Waals surface area contributed by atoms with Crippen molar-refractivity contribution in [2.45, 2.75) is 51.9 Å². The molecule has 1 unspecified atom stereocenters. The number of rotatable bonds is 9. The Morgan fingerprint density at radius 3 is 2.55 bits per heavy atom. The smallest absolute Gasteiger partial charge is 0.0330 e. The average Bonchev–Trinajstić information content (AvgIpc) is 2.66. The first kappa shape index (κ1) is 25.5. The summed E-state index contributed by atoms with van der Waals surface area (Å²) >= 11 is 0. The number of nitrogens with one attached hydrogen (secondary N) is 2. The van der Waals surface area contributed by atoms with Crippen molar-refractivity contribution in [3.63, 3.8) is 0 Å². The predicted molar refractivity (Wildman–Crippen MR) is 134 cm³/mol. The van der Waals surface area contributed by atoms with Crippen LogP contribution in [0.25, 0.3) is 0 Å². The van der Waals surface area contributed by atoms with Crippen LogP contribution in [0, 0.1) is 11.8 Å². The molecule has 0 aromatic rings. The number of hydrogen-bond donors (Lipinski definition) is 3. The lowest BCUT2D eigenvalue weighted by Gasteiger charge is -2.38. The third-order valence-corrected chi connectivity index (χ3v) is 6.42. The van der Waals surface area contributed by atoms with Gasteiger partial charge in [-0.3, -0.25) is 0 Å². The van der Waals surface area contributed by atoms with Crippen LogP contribution in [0.2, 0.25) is 0 Å². The lowest BCUT2D eigenvalue weighted by Crippen LogP contribution is -2.26. The molecule has 2 aliphatic rings. The summed E-state index contributed by atoms with van der Waals surface area (Å²) in [4.78, 5) is 0. The summed E-state index contributed by atoms with van der Waals surface area (Å²) in [6.07, 6.45) is 14.7. The average molecular weight is 416 g/mol. The maximum Gasteiger partial charge on any atom is 0.0330 e. The Morgan fingerprint density at radius 1 is 1.31 bits per heavy atom. The molecule has 0 aromatic carbocycles. The second-order valence-electron chi connectivity index (χ2n) is 8.01. The zero-order valence-electron chi connectivity index (χ0n) is 18.6. The second kappa shape index (κ2) is 14.4. The van der Waals surface area contributed by atoms with Crippen molar-refractivity contribution in [2.24, 2.45) is 17.6 Å². The van der Waals surface area contributed by atoms with Gasteiger partial charge < -0.3 is 16.4 Å². The second-order valence-corrected chi connectivity index (χ2v) is 8.35. The monoisotopic (exact) mass is 415 g/mol. The van der Waals surface area contributed by atoms with Crippen molar-refractivity contribution in [2.75, 3.05) is 20.1 Å². The molecule has 2 fully saturated rings.